The summed E-state index contributed by atoms with van der Waals surface area (Å²) >= 11 is 0. The summed E-state index contributed by atoms with van der Waals surface area (Å²) in [6.07, 6.45) is 1.39. The lowest BCUT2D eigenvalue weighted by Gasteiger charge is -2.25. The van der Waals surface area contributed by atoms with Gasteiger partial charge in [0.05, 0.1) is 6.04 Å². The fourth-order valence-electron chi connectivity index (χ4n) is 2.43. The first-order chi connectivity index (χ1) is 9.06. The standard InChI is InChI=1S/C14H16N2O3/c1-9(18)13(6-3-7-17)16-8-11-10(14(16)19)4-2-5-12(11)15/h2,4-5,7,13H,3,6,8,15H2,1H3. The molecule has 0 aromatic heterocycles. The molecule has 0 saturated heterocycles. The predicted octanol–water partition coefficient (Wildman–Crippen LogP) is 1.16. The number of rotatable bonds is 5. The molecule has 1 aromatic carbocycles. The third-order valence-corrected chi connectivity index (χ3v) is 3.44. The number of nitrogens with zero attached hydrogens (tertiary/aromatic N) is 1. The molecular weight excluding hydrogens is 244 g/mol. The molecule has 1 aromatic rings. The molecule has 2 rings (SSSR count). The smallest absolute Gasteiger partial charge is 0.255 e. The summed E-state index contributed by atoms with van der Waals surface area (Å²) in [5.74, 6) is -0.296. The van der Waals surface area contributed by atoms with Gasteiger partial charge in [0.25, 0.3) is 5.91 Å². The molecule has 1 aliphatic rings. The molecular formula is C14H16N2O3. The first-order valence-electron chi connectivity index (χ1n) is 6.18. The van der Waals surface area contributed by atoms with Crippen molar-refractivity contribution in [3.8, 4) is 0 Å². The maximum absolute atomic E-state index is 12.3. The molecule has 2 N–H and O–H groups in total. The zero-order valence-corrected chi connectivity index (χ0v) is 10.8. The molecule has 5 nitrogen and oxygen atoms in total. The number of Topliss-reactive ketones (excluding diaryl/α,β-unsaturated/α-hetero) is 1. The molecule has 1 amide bonds. The molecule has 1 aliphatic heterocycles. The van der Waals surface area contributed by atoms with E-state index in [0.717, 1.165) is 11.8 Å². The van der Waals surface area contributed by atoms with E-state index in [9.17, 15) is 14.4 Å². The van der Waals surface area contributed by atoms with Crippen molar-refractivity contribution in [2.45, 2.75) is 32.4 Å². The Morgan fingerprint density at radius 1 is 1.53 bits per heavy atom. The van der Waals surface area contributed by atoms with Crippen LogP contribution in [0, 0.1) is 0 Å². The zero-order valence-electron chi connectivity index (χ0n) is 10.8. The lowest BCUT2D eigenvalue weighted by molar-refractivity contribution is -0.121. The number of fused-ring (bicyclic) bond motifs is 1. The maximum Gasteiger partial charge on any atom is 0.255 e. The molecule has 0 radical (unpaired) electrons. The number of nitrogens with two attached hydrogens (primary N) is 1. The van der Waals surface area contributed by atoms with E-state index < -0.39 is 6.04 Å². The van der Waals surface area contributed by atoms with Gasteiger partial charge in [0, 0.05) is 29.8 Å². The summed E-state index contributed by atoms with van der Waals surface area (Å²) in [6, 6.07) is 4.63. The van der Waals surface area contributed by atoms with Crippen molar-refractivity contribution in [2.75, 3.05) is 5.73 Å². The summed E-state index contributed by atoms with van der Waals surface area (Å²) in [4.78, 5) is 35.9. The fraction of sp³-hybridized carbons (Fsp3) is 0.357. The predicted molar refractivity (Wildman–Crippen MR) is 70.5 cm³/mol. The van der Waals surface area contributed by atoms with Crippen LogP contribution in [0.4, 0.5) is 5.69 Å². The lowest BCUT2D eigenvalue weighted by atomic mass is 10.1. The Morgan fingerprint density at radius 2 is 2.26 bits per heavy atom. The van der Waals surface area contributed by atoms with Crippen LogP contribution in [0.25, 0.3) is 0 Å². The van der Waals surface area contributed by atoms with Crippen LogP contribution in [0.2, 0.25) is 0 Å². The van der Waals surface area contributed by atoms with Gasteiger partial charge in [0.1, 0.15) is 6.29 Å². The third kappa shape index (κ3) is 2.36. The maximum atomic E-state index is 12.3. The normalized spacial score (nSPS) is 15.2. The second kappa shape index (κ2) is 5.22. The van der Waals surface area contributed by atoms with Crippen molar-refractivity contribution < 1.29 is 14.4 Å². The summed E-state index contributed by atoms with van der Waals surface area (Å²) < 4.78 is 0. The number of hydrogen-bond donors (Lipinski definition) is 1. The molecule has 0 fully saturated rings. The van der Waals surface area contributed by atoms with Crippen molar-refractivity contribution in [1.29, 1.82) is 0 Å². The van der Waals surface area contributed by atoms with Crippen molar-refractivity contribution >= 4 is 23.7 Å². The Hall–Kier alpha value is -2.17. The van der Waals surface area contributed by atoms with E-state index in [1.165, 1.54) is 11.8 Å². The Balaban J connectivity index is 2.28. The second-order valence-electron chi connectivity index (χ2n) is 4.68. The average molecular weight is 260 g/mol. The number of carbonyl (C=O) groups excluding carboxylic acids is 3. The van der Waals surface area contributed by atoms with Gasteiger partial charge in [-0.15, -0.1) is 0 Å². The van der Waals surface area contributed by atoms with E-state index in [1.54, 1.807) is 18.2 Å². The number of aldehydes is 1. The van der Waals surface area contributed by atoms with Gasteiger partial charge < -0.3 is 15.4 Å². The lowest BCUT2D eigenvalue weighted by Crippen LogP contribution is -2.40. The molecule has 0 saturated carbocycles. The third-order valence-electron chi connectivity index (χ3n) is 3.44. The first kappa shape index (κ1) is 13.3. The summed E-state index contributed by atoms with van der Waals surface area (Å²) in [7, 11) is 0. The van der Waals surface area contributed by atoms with Crippen LogP contribution in [0.1, 0.15) is 35.7 Å². The number of carbonyl (C=O) groups is 3. The number of ketones is 1. The minimum absolute atomic E-state index is 0.110. The Bertz CT molecular complexity index is 539. The largest absolute Gasteiger partial charge is 0.398 e. The molecule has 0 bridgehead atoms. The quantitative estimate of drug-likeness (QED) is 0.636. The van der Waals surface area contributed by atoms with E-state index in [1.807, 2.05) is 0 Å². The van der Waals surface area contributed by atoms with Crippen LogP contribution in [0.5, 0.6) is 0 Å². The van der Waals surface area contributed by atoms with Gasteiger partial charge in [-0.05, 0) is 25.5 Å². The first-order valence-corrected chi connectivity index (χ1v) is 6.18. The highest BCUT2D eigenvalue weighted by atomic mass is 16.2. The molecule has 1 unspecified atom stereocenters. The van der Waals surface area contributed by atoms with Gasteiger partial charge in [-0.2, -0.15) is 0 Å². The monoisotopic (exact) mass is 260 g/mol. The molecule has 1 atom stereocenters. The van der Waals surface area contributed by atoms with Gasteiger partial charge in [-0.1, -0.05) is 6.07 Å². The molecule has 0 spiro atoms. The van der Waals surface area contributed by atoms with E-state index in [4.69, 9.17) is 5.73 Å². The molecule has 100 valence electrons. The Labute approximate surface area is 111 Å². The fourth-order valence-corrected chi connectivity index (χ4v) is 2.43. The molecule has 5 heteroatoms. The van der Waals surface area contributed by atoms with Gasteiger partial charge >= 0.3 is 0 Å². The van der Waals surface area contributed by atoms with Crippen LogP contribution in [0.3, 0.4) is 0 Å². The SMILES string of the molecule is CC(=O)C(CCC=O)N1Cc2c(N)cccc2C1=O. The van der Waals surface area contributed by atoms with E-state index >= 15 is 0 Å². The highest BCUT2D eigenvalue weighted by Gasteiger charge is 2.35. The summed E-state index contributed by atoms with van der Waals surface area (Å²) in [5, 5.41) is 0. The van der Waals surface area contributed by atoms with Crippen LogP contribution < -0.4 is 5.73 Å². The van der Waals surface area contributed by atoms with Crippen LogP contribution in [-0.2, 0) is 16.1 Å². The Morgan fingerprint density at radius 3 is 2.84 bits per heavy atom. The molecule has 0 aliphatic carbocycles. The second-order valence-corrected chi connectivity index (χ2v) is 4.68. The molecule has 1 heterocycles. The van der Waals surface area contributed by atoms with Gasteiger partial charge in [-0.25, -0.2) is 0 Å². The van der Waals surface area contributed by atoms with Crippen molar-refractivity contribution in [2.24, 2.45) is 0 Å². The number of benzene rings is 1. The van der Waals surface area contributed by atoms with Gasteiger partial charge in [0.15, 0.2) is 5.78 Å². The minimum Gasteiger partial charge on any atom is -0.398 e. The molecule has 19 heavy (non-hydrogen) atoms. The van der Waals surface area contributed by atoms with Crippen LogP contribution in [-0.4, -0.2) is 28.9 Å². The summed E-state index contributed by atoms with van der Waals surface area (Å²) in [5.41, 5.74) is 7.74. The minimum atomic E-state index is -0.551. The van der Waals surface area contributed by atoms with Crippen LogP contribution in [0.15, 0.2) is 18.2 Å². The van der Waals surface area contributed by atoms with Crippen molar-refractivity contribution in [3.63, 3.8) is 0 Å². The average Bonchev–Trinajstić information content (AvgIpc) is 2.69. The van der Waals surface area contributed by atoms with E-state index in [2.05, 4.69) is 0 Å². The van der Waals surface area contributed by atoms with Crippen molar-refractivity contribution in [1.82, 2.24) is 4.90 Å². The van der Waals surface area contributed by atoms with Gasteiger partial charge in [0.2, 0.25) is 0 Å². The topological polar surface area (TPSA) is 80.5 Å². The van der Waals surface area contributed by atoms with Crippen LogP contribution >= 0.6 is 0 Å². The number of anilines is 1. The Kier molecular flexibility index (Phi) is 3.64. The highest BCUT2D eigenvalue weighted by Crippen LogP contribution is 2.30. The zero-order chi connectivity index (χ0) is 14.0. The van der Waals surface area contributed by atoms with Crippen molar-refractivity contribution in [3.05, 3.63) is 29.3 Å². The number of amides is 1. The van der Waals surface area contributed by atoms with Gasteiger partial charge in [-0.3, -0.25) is 9.59 Å². The number of hydrogen-bond acceptors (Lipinski definition) is 4. The summed E-state index contributed by atoms with van der Waals surface area (Å²) in [6.45, 7) is 1.78. The highest BCUT2D eigenvalue weighted by molar-refractivity contribution is 6.02. The number of nitrogen functional groups attached to an aromatic ring is 1. The van der Waals surface area contributed by atoms with E-state index in [0.29, 0.717) is 24.2 Å². The van der Waals surface area contributed by atoms with E-state index in [-0.39, 0.29) is 18.1 Å².